The first kappa shape index (κ1) is 16.7. The largest absolute Gasteiger partial charge is 0.387 e. The average Bonchev–Trinajstić information content (AvgIpc) is 2.56. The highest BCUT2D eigenvalue weighted by Gasteiger charge is 2.29. The van der Waals surface area contributed by atoms with Crippen LogP contribution in [0.5, 0.6) is 0 Å². The van der Waals surface area contributed by atoms with Gasteiger partial charge in [-0.25, -0.2) is 0 Å². The maximum Gasteiger partial charge on any atom is 0.222 e. The van der Waals surface area contributed by atoms with Crippen LogP contribution < -0.4 is 0 Å². The van der Waals surface area contributed by atoms with Crippen molar-refractivity contribution >= 4 is 17.5 Å². The maximum absolute atomic E-state index is 12.0. The lowest BCUT2D eigenvalue weighted by molar-refractivity contribution is -0.136. The van der Waals surface area contributed by atoms with Crippen LogP contribution >= 0.6 is 11.6 Å². The van der Waals surface area contributed by atoms with Gasteiger partial charge in [-0.15, -0.1) is 0 Å². The highest BCUT2D eigenvalue weighted by Crippen LogP contribution is 2.24. The molecule has 2 fully saturated rings. The van der Waals surface area contributed by atoms with Gasteiger partial charge in [0.2, 0.25) is 5.91 Å². The number of likely N-dealkylation sites (tertiary alicyclic amines) is 2. The van der Waals surface area contributed by atoms with Gasteiger partial charge in [-0.2, -0.15) is 0 Å². The fraction of sp³-hybridized carbons (Fsp3) is 0.611. The minimum absolute atomic E-state index is 0.327. The second kappa shape index (κ2) is 7.65. The number of benzene rings is 1. The Labute approximate surface area is 143 Å². The van der Waals surface area contributed by atoms with Gasteiger partial charge in [0, 0.05) is 43.7 Å². The Bertz CT molecular complexity index is 544. The fourth-order valence-electron chi connectivity index (χ4n) is 3.69. The van der Waals surface area contributed by atoms with Crippen LogP contribution in [0.1, 0.15) is 43.8 Å². The Morgan fingerprint density at radius 3 is 2.70 bits per heavy atom. The molecule has 0 aromatic heterocycles. The van der Waals surface area contributed by atoms with Gasteiger partial charge >= 0.3 is 0 Å². The summed E-state index contributed by atoms with van der Waals surface area (Å²) in [5.74, 6) is 0.327. The van der Waals surface area contributed by atoms with Gasteiger partial charge in [-0.05, 0) is 43.4 Å². The number of carbonyl (C=O) groups is 1. The van der Waals surface area contributed by atoms with E-state index >= 15 is 0 Å². The smallest absolute Gasteiger partial charge is 0.222 e. The first-order valence-electron chi connectivity index (χ1n) is 8.59. The molecule has 4 nitrogen and oxygen atoms in total. The number of hydrogen-bond acceptors (Lipinski definition) is 3. The fourth-order valence-corrected chi connectivity index (χ4v) is 3.89. The number of rotatable bonds is 4. The molecule has 0 saturated carbocycles. The minimum atomic E-state index is -0.512. The molecule has 5 heteroatoms. The van der Waals surface area contributed by atoms with E-state index in [1.165, 1.54) is 0 Å². The first-order chi connectivity index (χ1) is 11.1. The van der Waals surface area contributed by atoms with Gasteiger partial charge in [0.15, 0.2) is 0 Å². The molecule has 0 radical (unpaired) electrons. The van der Waals surface area contributed by atoms with Crippen molar-refractivity contribution in [2.45, 2.75) is 44.2 Å². The van der Waals surface area contributed by atoms with Crippen molar-refractivity contribution in [1.29, 1.82) is 0 Å². The number of nitrogens with zero attached hydrogens (tertiary/aromatic N) is 2. The molecule has 1 atom stereocenters. The number of piperidine rings is 2. The van der Waals surface area contributed by atoms with E-state index in [0.29, 0.717) is 29.9 Å². The number of carbonyl (C=O) groups excluding carboxylic acids is 1. The van der Waals surface area contributed by atoms with E-state index in [1.54, 1.807) is 0 Å². The van der Waals surface area contributed by atoms with E-state index in [1.807, 2.05) is 24.3 Å². The van der Waals surface area contributed by atoms with Gasteiger partial charge in [-0.1, -0.05) is 23.7 Å². The summed E-state index contributed by atoms with van der Waals surface area (Å²) < 4.78 is 0. The van der Waals surface area contributed by atoms with E-state index < -0.39 is 6.10 Å². The standard InChI is InChI=1S/C18H25ClN2O2/c19-15-5-3-4-14(12-15)17(22)13-20-10-7-16(8-11-20)21-9-2-1-6-18(21)23/h3-5,12,16-17,22H,1-2,6-11,13H2. The molecule has 0 aliphatic carbocycles. The summed E-state index contributed by atoms with van der Waals surface area (Å²) in [7, 11) is 0. The van der Waals surface area contributed by atoms with Crippen LogP contribution in [-0.2, 0) is 4.79 Å². The molecule has 3 rings (SSSR count). The Balaban J connectivity index is 1.50. The third-order valence-corrected chi connectivity index (χ3v) is 5.26. The number of β-amino-alcohol motifs (C(OH)–C–C–N with tert-alkyl or cyclic N) is 1. The summed E-state index contributed by atoms with van der Waals surface area (Å²) in [6.07, 6.45) is 4.40. The van der Waals surface area contributed by atoms with Crippen molar-refractivity contribution < 1.29 is 9.90 Å². The average molecular weight is 337 g/mol. The lowest BCUT2D eigenvalue weighted by Crippen LogP contribution is -2.49. The second-order valence-corrected chi connectivity index (χ2v) is 7.08. The monoisotopic (exact) mass is 336 g/mol. The van der Waals surface area contributed by atoms with Crippen LogP contribution in [0.3, 0.4) is 0 Å². The molecule has 2 aliphatic rings. The molecule has 1 aromatic carbocycles. The summed E-state index contributed by atoms with van der Waals surface area (Å²) in [5.41, 5.74) is 0.867. The molecule has 1 unspecified atom stereocenters. The van der Waals surface area contributed by atoms with Gasteiger partial charge in [0.05, 0.1) is 6.10 Å². The van der Waals surface area contributed by atoms with E-state index in [0.717, 1.165) is 50.9 Å². The molecule has 1 amide bonds. The lowest BCUT2D eigenvalue weighted by Gasteiger charge is -2.40. The molecule has 2 heterocycles. The van der Waals surface area contributed by atoms with Crippen LogP contribution in [0.25, 0.3) is 0 Å². The third kappa shape index (κ3) is 4.25. The third-order valence-electron chi connectivity index (χ3n) is 5.02. The Morgan fingerprint density at radius 1 is 1.22 bits per heavy atom. The molecular formula is C18H25ClN2O2. The van der Waals surface area contributed by atoms with Crippen molar-refractivity contribution in [2.75, 3.05) is 26.2 Å². The Kier molecular flexibility index (Phi) is 5.57. The quantitative estimate of drug-likeness (QED) is 0.919. The van der Waals surface area contributed by atoms with Crippen molar-refractivity contribution in [2.24, 2.45) is 0 Å². The Morgan fingerprint density at radius 2 is 2.00 bits per heavy atom. The summed E-state index contributed by atoms with van der Waals surface area (Å²) >= 11 is 5.99. The van der Waals surface area contributed by atoms with Crippen molar-refractivity contribution in [3.63, 3.8) is 0 Å². The molecule has 2 saturated heterocycles. The zero-order valence-corrected chi connectivity index (χ0v) is 14.2. The summed E-state index contributed by atoms with van der Waals surface area (Å²) in [5, 5.41) is 11.0. The zero-order chi connectivity index (χ0) is 16.2. The first-order valence-corrected chi connectivity index (χ1v) is 8.96. The van der Waals surface area contributed by atoms with E-state index in [-0.39, 0.29) is 0 Å². The summed E-state index contributed by atoms with van der Waals surface area (Å²) in [6, 6.07) is 7.82. The molecule has 1 aromatic rings. The topological polar surface area (TPSA) is 43.8 Å². The van der Waals surface area contributed by atoms with Crippen LogP contribution in [0.4, 0.5) is 0 Å². The van der Waals surface area contributed by atoms with Crippen LogP contribution in [-0.4, -0.2) is 53.0 Å². The normalized spacial score (nSPS) is 22.3. The maximum atomic E-state index is 12.0. The number of amides is 1. The van der Waals surface area contributed by atoms with Gasteiger partial charge < -0.3 is 14.9 Å². The van der Waals surface area contributed by atoms with Crippen LogP contribution in [0.15, 0.2) is 24.3 Å². The molecule has 23 heavy (non-hydrogen) atoms. The van der Waals surface area contributed by atoms with Crippen LogP contribution in [0, 0.1) is 0 Å². The molecular weight excluding hydrogens is 312 g/mol. The SMILES string of the molecule is O=C1CCCCN1C1CCN(CC(O)c2cccc(Cl)c2)CC1. The Hall–Kier alpha value is -1.10. The predicted molar refractivity (Wildman–Crippen MR) is 91.4 cm³/mol. The predicted octanol–water partition coefficient (Wildman–Crippen LogP) is 2.85. The molecule has 0 bridgehead atoms. The summed E-state index contributed by atoms with van der Waals surface area (Å²) in [4.78, 5) is 16.4. The van der Waals surface area contributed by atoms with E-state index in [9.17, 15) is 9.90 Å². The molecule has 1 N–H and O–H groups in total. The van der Waals surface area contributed by atoms with Gasteiger partial charge in [-0.3, -0.25) is 4.79 Å². The number of aliphatic hydroxyl groups excluding tert-OH is 1. The lowest BCUT2D eigenvalue weighted by atomic mass is 9.99. The number of halogens is 1. The minimum Gasteiger partial charge on any atom is -0.387 e. The van der Waals surface area contributed by atoms with Crippen LogP contribution in [0.2, 0.25) is 5.02 Å². The van der Waals surface area contributed by atoms with Gasteiger partial charge in [0.1, 0.15) is 0 Å². The molecule has 2 aliphatic heterocycles. The van der Waals surface area contributed by atoms with E-state index in [2.05, 4.69) is 9.80 Å². The highest BCUT2D eigenvalue weighted by molar-refractivity contribution is 6.30. The molecule has 0 spiro atoms. The molecule has 126 valence electrons. The number of hydrogen-bond donors (Lipinski definition) is 1. The van der Waals surface area contributed by atoms with Crippen molar-refractivity contribution in [1.82, 2.24) is 9.80 Å². The summed E-state index contributed by atoms with van der Waals surface area (Å²) in [6.45, 7) is 3.42. The zero-order valence-electron chi connectivity index (χ0n) is 13.5. The highest BCUT2D eigenvalue weighted by atomic mass is 35.5. The van der Waals surface area contributed by atoms with Gasteiger partial charge in [0.25, 0.3) is 0 Å². The second-order valence-electron chi connectivity index (χ2n) is 6.65. The van der Waals surface area contributed by atoms with Crippen molar-refractivity contribution in [3.05, 3.63) is 34.9 Å². The number of aliphatic hydroxyl groups is 1. The van der Waals surface area contributed by atoms with E-state index in [4.69, 9.17) is 11.6 Å². The van der Waals surface area contributed by atoms with Crippen molar-refractivity contribution in [3.8, 4) is 0 Å².